The molecule has 1 heterocycles. The number of aryl methyl sites for hydroxylation is 1. The molecule has 0 bridgehead atoms. The molecular formula is C15H14BrNO. The minimum Gasteiger partial charge on any atom is -0.294 e. The Balaban J connectivity index is 2.41. The summed E-state index contributed by atoms with van der Waals surface area (Å²) in [5.41, 5.74) is 4.13. The molecular weight excluding hydrogens is 290 g/mol. The number of fused-ring (bicyclic) bond motifs is 2. The number of benzene rings is 1. The first kappa shape index (κ1) is 11.8. The third-order valence-corrected chi connectivity index (χ3v) is 4.07. The van der Waals surface area contributed by atoms with Crippen LogP contribution in [-0.4, -0.2) is 10.8 Å². The fraction of sp³-hybridized carbons (Fsp3) is 0.333. The van der Waals surface area contributed by atoms with Gasteiger partial charge in [0.25, 0.3) is 0 Å². The molecule has 0 atom stereocenters. The van der Waals surface area contributed by atoms with Crippen LogP contribution in [0.1, 0.15) is 41.4 Å². The van der Waals surface area contributed by atoms with Crippen LogP contribution in [0.15, 0.2) is 22.7 Å². The molecule has 3 heteroatoms. The van der Waals surface area contributed by atoms with Crippen LogP contribution in [0.4, 0.5) is 0 Å². The zero-order chi connectivity index (χ0) is 12.7. The van der Waals surface area contributed by atoms with Crippen molar-refractivity contribution in [1.82, 2.24) is 4.98 Å². The first-order valence-electron chi connectivity index (χ1n) is 6.29. The van der Waals surface area contributed by atoms with Crippen LogP contribution in [0, 0.1) is 0 Å². The first-order chi connectivity index (χ1) is 8.66. The van der Waals surface area contributed by atoms with Gasteiger partial charge in [0.15, 0.2) is 5.78 Å². The van der Waals surface area contributed by atoms with Gasteiger partial charge in [-0.3, -0.25) is 9.78 Å². The van der Waals surface area contributed by atoms with E-state index in [0.29, 0.717) is 0 Å². The lowest BCUT2D eigenvalue weighted by atomic mass is 9.88. The van der Waals surface area contributed by atoms with Gasteiger partial charge < -0.3 is 0 Å². The van der Waals surface area contributed by atoms with Crippen molar-refractivity contribution in [2.24, 2.45) is 0 Å². The number of rotatable bonds is 1. The molecule has 1 aliphatic carbocycles. The smallest absolute Gasteiger partial charge is 0.160 e. The Hall–Kier alpha value is -1.22. The van der Waals surface area contributed by atoms with Crippen LogP contribution in [0.2, 0.25) is 0 Å². The summed E-state index contributed by atoms with van der Waals surface area (Å²) >= 11 is 3.47. The number of carbonyl (C=O) groups is 1. The number of hydrogen-bond donors (Lipinski definition) is 0. The number of Topliss-reactive ketones (excluding diaryl/α,β-unsaturated/α-hetero) is 1. The molecule has 1 aliphatic rings. The van der Waals surface area contributed by atoms with Crippen molar-refractivity contribution in [3.63, 3.8) is 0 Å². The van der Waals surface area contributed by atoms with E-state index in [2.05, 4.69) is 15.9 Å². The standard InChI is InChI=1S/C15H14BrNO/c1-9(18)15-11-4-2-3-5-13(11)17-14-7-6-10(16)8-12(14)15/h6-8H,2-5H2,1H3. The first-order valence-corrected chi connectivity index (χ1v) is 7.08. The molecule has 1 aromatic heterocycles. The zero-order valence-corrected chi connectivity index (χ0v) is 11.9. The SMILES string of the molecule is CC(=O)c1c2c(nc3ccc(Br)cc13)CCCC2. The van der Waals surface area contributed by atoms with E-state index in [1.165, 1.54) is 12.0 Å². The molecule has 0 saturated heterocycles. The van der Waals surface area contributed by atoms with E-state index in [4.69, 9.17) is 4.98 Å². The minimum atomic E-state index is 0.152. The summed E-state index contributed by atoms with van der Waals surface area (Å²) in [7, 11) is 0. The van der Waals surface area contributed by atoms with Crippen LogP contribution >= 0.6 is 15.9 Å². The molecule has 0 amide bonds. The monoisotopic (exact) mass is 303 g/mol. The molecule has 1 aromatic carbocycles. The predicted molar refractivity (Wildman–Crippen MR) is 76.1 cm³/mol. The minimum absolute atomic E-state index is 0.152. The van der Waals surface area contributed by atoms with Gasteiger partial charge in [-0.1, -0.05) is 15.9 Å². The van der Waals surface area contributed by atoms with Crippen LogP contribution in [0.25, 0.3) is 10.9 Å². The second-order valence-corrected chi connectivity index (χ2v) is 5.75. The summed E-state index contributed by atoms with van der Waals surface area (Å²) in [4.78, 5) is 16.7. The Morgan fingerprint density at radius 2 is 2.06 bits per heavy atom. The third-order valence-electron chi connectivity index (χ3n) is 3.58. The lowest BCUT2D eigenvalue weighted by Crippen LogP contribution is -2.12. The van der Waals surface area contributed by atoms with Crippen molar-refractivity contribution in [3.8, 4) is 0 Å². The highest BCUT2D eigenvalue weighted by molar-refractivity contribution is 9.10. The van der Waals surface area contributed by atoms with Gasteiger partial charge in [-0.25, -0.2) is 0 Å². The van der Waals surface area contributed by atoms with E-state index in [-0.39, 0.29) is 5.78 Å². The highest BCUT2D eigenvalue weighted by atomic mass is 79.9. The van der Waals surface area contributed by atoms with Crippen LogP contribution in [0.5, 0.6) is 0 Å². The number of ketones is 1. The van der Waals surface area contributed by atoms with Gasteiger partial charge in [0.1, 0.15) is 0 Å². The summed E-state index contributed by atoms with van der Waals surface area (Å²) in [5.74, 6) is 0.152. The lowest BCUT2D eigenvalue weighted by molar-refractivity contribution is 0.101. The second kappa shape index (κ2) is 4.47. The Morgan fingerprint density at radius 3 is 2.83 bits per heavy atom. The van der Waals surface area contributed by atoms with Gasteiger partial charge in [0, 0.05) is 21.1 Å². The average molecular weight is 304 g/mol. The Labute approximate surface area is 115 Å². The third kappa shape index (κ3) is 1.87. The van der Waals surface area contributed by atoms with Gasteiger partial charge in [0.05, 0.1) is 5.52 Å². The highest BCUT2D eigenvalue weighted by Gasteiger charge is 2.20. The molecule has 0 fully saturated rings. The topological polar surface area (TPSA) is 30.0 Å². The summed E-state index contributed by atoms with van der Waals surface area (Å²) in [6.45, 7) is 1.66. The number of halogens is 1. The Bertz CT molecular complexity index is 648. The molecule has 2 nitrogen and oxygen atoms in total. The van der Waals surface area contributed by atoms with Gasteiger partial charge in [-0.2, -0.15) is 0 Å². The molecule has 92 valence electrons. The van der Waals surface area contributed by atoms with E-state index < -0.39 is 0 Å². The number of pyridine rings is 1. The zero-order valence-electron chi connectivity index (χ0n) is 10.3. The van der Waals surface area contributed by atoms with Gasteiger partial charge >= 0.3 is 0 Å². The summed E-state index contributed by atoms with van der Waals surface area (Å²) in [5, 5.41) is 0.984. The number of aromatic nitrogens is 1. The van der Waals surface area contributed by atoms with E-state index in [0.717, 1.165) is 45.9 Å². The number of carbonyl (C=O) groups excluding carboxylic acids is 1. The number of hydrogen-bond acceptors (Lipinski definition) is 2. The number of nitrogens with zero attached hydrogens (tertiary/aromatic N) is 1. The maximum absolute atomic E-state index is 12.0. The summed E-state index contributed by atoms with van der Waals surface area (Å²) in [6, 6.07) is 5.98. The van der Waals surface area contributed by atoms with Crippen molar-refractivity contribution < 1.29 is 4.79 Å². The van der Waals surface area contributed by atoms with Crippen LogP contribution in [0.3, 0.4) is 0 Å². The maximum atomic E-state index is 12.0. The van der Waals surface area contributed by atoms with Crippen molar-refractivity contribution in [2.45, 2.75) is 32.6 Å². The molecule has 2 aromatic rings. The fourth-order valence-electron chi connectivity index (χ4n) is 2.80. The van der Waals surface area contributed by atoms with E-state index in [1.807, 2.05) is 18.2 Å². The molecule has 0 radical (unpaired) electrons. The van der Waals surface area contributed by atoms with Gasteiger partial charge in [-0.15, -0.1) is 0 Å². The van der Waals surface area contributed by atoms with Crippen molar-refractivity contribution in [2.75, 3.05) is 0 Å². The summed E-state index contributed by atoms with van der Waals surface area (Å²) in [6.07, 6.45) is 4.33. The largest absolute Gasteiger partial charge is 0.294 e. The average Bonchev–Trinajstić information content (AvgIpc) is 2.35. The second-order valence-electron chi connectivity index (χ2n) is 4.84. The molecule has 0 saturated carbocycles. The quantitative estimate of drug-likeness (QED) is 0.743. The van der Waals surface area contributed by atoms with E-state index in [1.54, 1.807) is 6.92 Å². The molecule has 18 heavy (non-hydrogen) atoms. The molecule has 0 aliphatic heterocycles. The van der Waals surface area contributed by atoms with Crippen LogP contribution in [-0.2, 0) is 12.8 Å². The van der Waals surface area contributed by atoms with Crippen LogP contribution < -0.4 is 0 Å². The fourth-order valence-corrected chi connectivity index (χ4v) is 3.16. The van der Waals surface area contributed by atoms with E-state index in [9.17, 15) is 4.79 Å². The van der Waals surface area contributed by atoms with Gasteiger partial charge in [0.2, 0.25) is 0 Å². The Morgan fingerprint density at radius 1 is 1.28 bits per heavy atom. The lowest BCUT2D eigenvalue weighted by Gasteiger charge is -2.19. The predicted octanol–water partition coefficient (Wildman–Crippen LogP) is 4.08. The highest BCUT2D eigenvalue weighted by Crippen LogP contribution is 2.31. The molecule has 0 N–H and O–H groups in total. The maximum Gasteiger partial charge on any atom is 0.160 e. The summed E-state index contributed by atoms with van der Waals surface area (Å²) < 4.78 is 0.995. The molecule has 3 rings (SSSR count). The van der Waals surface area contributed by atoms with Crippen molar-refractivity contribution in [3.05, 3.63) is 39.5 Å². The van der Waals surface area contributed by atoms with Crippen molar-refractivity contribution in [1.29, 1.82) is 0 Å². The van der Waals surface area contributed by atoms with Gasteiger partial charge in [-0.05, 0) is 56.4 Å². The normalized spacial score (nSPS) is 14.6. The van der Waals surface area contributed by atoms with Crippen molar-refractivity contribution >= 4 is 32.6 Å². The molecule has 0 spiro atoms. The van der Waals surface area contributed by atoms with E-state index >= 15 is 0 Å². The molecule has 0 unspecified atom stereocenters. The Kier molecular flexibility index (Phi) is 2.94.